The molecule has 1 unspecified atom stereocenters. The van der Waals surface area contributed by atoms with E-state index in [1.807, 2.05) is 12.0 Å². The van der Waals surface area contributed by atoms with Gasteiger partial charge in [-0.1, -0.05) is 12.1 Å². The summed E-state index contributed by atoms with van der Waals surface area (Å²) in [6.07, 6.45) is 5.68. The van der Waals surface area contributed by atoms with Crippen molar-refractivity contribution < 1.29 is 18.3 Å². The molecule has 3 N–H and O–H groups in total. The largest absolute Gasteiger partial charge is 0.422 e. The lowest BCUT2D eigenvalue weighted by Crippen LogP contribution is -2.44. The van der Waals surface area contributed by atoms with Crippen LogP contribution < -0.4 is 10.6 Å². The lowest BCUT2D eigenvalue weighted by atomic mass is 9.90. The van der Waals surface area contributed by atoms with Gasteiger partial charge in [-0.2, -0.15) is 13.2 Å². The molecule has 2 aromatic rings. The van der Waals surface area contributed by atoms with Crippen molar-refractivity contribution in [2.24, 2.45) is 0 Å². The molecule has 5 nitrogen and oxygen atoms in total. The lowest BCUT2D eigenvalue weighted by Gasteiger charge is -2.35. The van der Waals surface area contributed by atoms with Crippen LogP contribution in [0.3, 0.4) is 0 Å². The molecule has 1 aromatic carbocycles. The van der Waals surface area contributed by atoms with Crippen molar-refractivity contribution in [2.75, 3.05) is 36.8 Å². The molecule has 2 heterocycles. The van der Waals surface area contributed by atoms with Gasteiger partial charge < -0.3 is 15.7 Å². The second-order valence-corrected chi connectivity index (χ2v) is 8.17. The Hall–Kier alpha value is -2.85. The van der Waals surface area contributed by atoms with Gasteiger partial charge in [0, 0.05) is 43.0 Å². The first kappa shape index (κ1) is 25.4. The van der Waals surface area contributed by atoms with Crippen LogP contribution in [-0.2, 0) is 5.60 Å². The van der Waals surface area contributed by atoms with Crippen LogP contribution in [0.1, 0.15) is 18.9 Å². The molecule has 3 rings (SSSR count). The number of pyridine rings is 1. The standard InChI is InChI=1S/C20H21F3N4OS.C3H4/c1-2-9-19(28,20(21,22)23)15-3-5-16(6-4-15)26-10-12-27(13-11-26)29-17-7-8-18(24)25-14-17;1-3-2/h1,3-8,14,28H,9-13H2,(H2,24,25);1H,2H3. The van der Waals surface area contributed by atoms with Crippen LogP contribution in [0.25, 0.3) is 0 Å². The summed E-state index contributed by atoms with van der Waals surface area (Å²) in [4.78, 5) is 7.16. The number of nitrogens with two attached hydrogens (primary N) is 1. The molecular weight excluding hydrogens is 437 g/mol. The predicted octanol–water partition coefficient (Wildman–Crippen LogP) is 3.91. The van der Waals surface area contributed by atoms with Crippen molar-refractivity contribution in [2.45, 2.75) is 30.0 Å². The zero-order valence-electron chi connectivity index (χ0n) is 17.6. The second kappa shape index (κ2) is 11.1. The number of rotatable bonds is 5. The fourth-order valence-electron chi connectivity index (χ4n) is 3.09. The number of halogens is 3. The average molecular weight is 463 g/mol. The smallest absolute Gasteiger partial charge is 0.384 e. The van der Waals surface area contributed by atoms with Gasteiger partial charge in [0.1, 0.15) is 5.82 Å². The minimum atomic E-state index is -4.85. The van der Waals surface area contributed by atoms with Gasteiger partial charge in [-0.25, -0.2) is 9.29 Å². The topological polar surface area (TPSA) is 65.6 Å². The molecule has 1 fully saturated rings. The molecule has 1 aliphatic rings. The number of hydrogen-bond acceptors (Lipinski definition) is 6. The number of nitrogen functional groups attached to an aromatic ring is 1. The first-order chi connectivity index (χ1) is 15.1. The normalized spacial score (nSPS) is 16.2. The molecule has 1 aliphatic heterocycles. The molecule has 0 radical (unpaired) electrons. The Bertz CT molecular complexity index is 944. The predicted molar refractivity (Wildman–Crippen MR) is 123 cm³/mol. The zero-order valence-corrected chi connectivity index (χ0v) is 18.5. The van der Waals surface area contributed by atoms with Gasteiger partial charge in [-0.3, -0.25) is 0 Å². The van der Waals surface area contributed by atoms with Crippen LogP contribution in [0.15, 0.2) is 47.5 Å². The SMILES string of the molecule is C#CC.C#CCC(O)(c1ccc(N2CCN(Sc3ccc(N)nc3)CC2)cc1)C(F)(F)F. The number of hydrogen-bond donors (Lipinski definition) is 2. The Balaban J connectivity index is 0.00000114. The van der Waals surface area contributed by atoms with Gasteiger partial charge in [-0.05, 0) is 48.7 Å². The highest BCUT2D eigenvalue weighted by molar-refractivity contribution is 7.97. The maximum Gasteiger partial charge on any atom is 0.422 e. The van der Waals surface area contributed by atoms with Crippen LogP contribution >= 0.6 is 11.9 Å². The van der Waals surface area contributed by atoms with Gasteiger partial charge in [0.2, 0.25) is 0 Å². The third kappa shape index (κ3) is 6.33. The summed E-state index contributed by atoms with van der Waals surface area (Å²) in [6.45, 7) is 4.66. The van der Waals surface area contributed by atoms with E-state index in [9.17, 15) is 18.3 Å². The van der Waals surface area contributed by atoms with Crippen molar-refractivity contribution in [1.29, 1.82) is 0 Å². The quantitative estimate of drug-likeness (QED) is 0.519. The van der Waals surface area contributed by atoms with Crippen molar-refractivity contribution >= 4 is 23.5 Å². The Kier molecular flexibility index (Phi) is 8.85. The molecule has 0 amide bonds. The molecule has 170 valence electrons. The molecule has 32 heavy (non-hydrogen) atoms. The molecule has 1 saturated heterocycles. The minimum absolute atomic E-state index is 0.253. The summed E-state index contributed by atoms with van der Waals surface area (Å²) in [5.41, 5.74) is 3.10. The first-order valence-corrected chi connectivity index (χ1v) is 10.5. The number of benzene rings is 1. The highest BCUT2D eigenvalue weighted by Gasteiger charge is 2.54. The van der Waals surface area contributed by atoms with E-state index in [1.54, 1.807) is 43.3 Å². The Labute approximate surface area is 190 Å². The van der Waals surface area contributed by atoms with Crippen molar-refractivity contribution in [3.05, 3.63) is 48.2 Å². The van der Waals surface area contributed by atoms with Crippen molar-refractivity contribution in [3.63, 3.8) is 0 Å². The summed E-state index contributed by atoms with van der Waals surface area (Å²) < 4.78 is 42.1. The van der Waals surface area contributed by atoms with E-state index in [2.05, 4.69) is 26.5 Å². The Morgan fingerprint density at radius 3 is 2.16 bits per heavy atom. The van der Waals surface area contributed by atoms with E-state index in [0.29, 0.717) is 5.82 Å². The fraction of sp³-hybridized carbons (Fsp3) is 0.348. The molecule has 1 aromatic heterocycles. The van der Waals surface area contributed by atoms with E-state index >= 15 is 0 Å². The summed E-state index contributed by atoms with van der Waals surface area (Å²) in [5.74, 6) is 4.64. The zero-order chi connectivity index (χ0) is 23.8. The number of nitrogens with zero attached hydrogens (tertiary/aromatic N) is 3. The maximum absolute atomic E-state index is 13.3. The third-order valence-corrected chi connectivity index (χ3v) is 5.84. The van der Waals surface area contributed by atoms with Gasteiger partial charge in [0.25, 0.3) is 0 Å². The van der Waals surface area contributed by atoms with E-state index < -0.39 is 18.2 Å². The van der Waals surface area contributed by atoms with E-state index in [0.717, 1.165) is 36.8 Å². The highest BCUT2D eigenvalue weighted by Crippen LogP contribution is 2.41. The number of aliphatic hydroxyl groups is 1. The van der Waals surface area contributed by atoms with Crippen LogP contribution in [0.5, 0.6) is 0 Å². The summed E-state index contributed by atoms with van der Waals surface area (Å²) >= 11 is 1.60. The maximum atomic E-state index is 13.3. The molecule has 9 heteroatoms. The van der Waals surface area contributed by atoms with Crippen LogP contribution in [-0.4, -0.2) is 46.8 Å². The van der Waals surface area contributed by atoms with Crippen molar-refractivity contribution in [3.8, 4) is 24.7 Å². The highest BCUT2D eigenvalue weighted by atomic mass is 32.2. The Morgan fingerprint density at radius 2 is 1.69 bits per heavy atom. The molecule has 1 atom stereocenters. The third-order valence-electron chi connectivity index (χ3n) is 4.77. The van der Waals surface area contributed by atoms with Gasteiger partial charge in [-0.15, -0.1) is 24.7 Å². The molecule has 0 saturated carbocycles. The summed E-state index contributed by atoms with van der Waals surface area (Å²) in [7, 11) is 0. The number of alkyl halides is 3. The number of anilines is 2. The van der Waals surface area contributed by atoms with Crippen LogP contribution in [0.4, 0.5) is 24.7 Å². The Morgan fingerprint density at radius 1 is 1.09 bits per heavy atom. The van der Waals surface area contributed by atoms with Crippen molar-refractivity contribution in [1.82, 2.24) is 9.29 Å². The second-order valence-electron chi connectivity index (χ2n) is 7.00. The monoisotopic (exact) mass is 462 g/mol. The van der Waals surface area contributed by atoms with Crippen LogP contribution in [0.2, 0.25) is 0 Å². The number of aromatic nitrogens is 1. The lowest BCUT2D eigenvalue weighted by molar-refractivity contribution is -0.264. The number of piperazine rings is 1. The van der Waals surface area contributed by atoms with Gasteiger partial charge >= 0.3 is 6.18 Å². The molecule has 0 spiro atoms. The minimum Gasteiger partial charge on any atom is -0.384 e. The van der Waals surface area contributed by atoms with E-state index in [-0.39, 0.29) is 5.56 Å². The first-order valence-electron chi connectivity index (χ1n) is 9.74. The molecule has 0 aliphatic carbocycles. The van der Waals surface area contributed by atoms with Gasteiger partial charge in [0.15, 0.2) is 5.60 Å². The fourth-order valence-corrected chi connectivity index (χ4v) is 3.97. The average Bonchev–Trinajstić information content (AvgIpc) is 2.76. The van der Waals surface area contributed by atoms with Crippen LogP contribution in [0, 0.1) is 24.7 Å². The number of terminal acetylenes is 2. The van der Waals surface area contributed by atoms with E-state index in [4.69, 9.17) is 12.2 Å². The molecular formula is C23H25F3N4OS. The van der Waals surface area contributed by atoms with Gasteiger partial charge in [0.05, 0.1) is 6.42 Å². The summed E-state index contributed by atoms with van der Waals surface area (Å²) in [5, 5.41) is 10.1. The van der Waals surface area contributed by atoms with E-state index in [1.165, 1.54) is 12.1 Å². The molecule has 0 bridgehead atoms. The summed E-state index contributed by atoms with van der Waals surface area (Å²) in [6, 6.07) is 9.44.